The van der Waals surface area contributed by atoms with Crippen LogP contribution in [0.25, 0.3) is 0 Å². The average molecular weight is 283 g/mol. The molecule has 116 valence electrons. The van der Waals surface area contributed by atoms with Crippen LogP contribution >= 0.6 is 0 Å². The third-order valence-electron chi connectivity index (χ3n) is 3.65. The van der Waals surface area contributed by atoms with E-state index in [2.05, 4.69) is 10.2 Å². The summed E-state index contributed by atoms with van der Waals surface area (Å²) in [6.45, 7) is 13.0. The van der Waals surface area contributed by atoms with Gasteiger partial charge in [0.15, 0.2) is 0 Å². The number of carbonyl (C=O) groups is 2. The van der Waals surface area contributed by atoms with Crippen molar-refractivity contribution in [2.45, 2.75) is 34.1 Å². The first-order valence-electron chi connectivity index (χ1n) is 7.70. The van der Waals surface area contributed by atoms with Crippen LogP contribution in [0, 0.1) is 11.8 Å². The Balaban J connectivity index is 2.14. The fourth-order valence-electron chi connectivity index (χ4n) is 2.28. The molecule has 1 N–H and O–H groups in total. The van der Waals surface area contributed by atoms with Crippen molar-refractivity contribution in [2.24, 2.45) is 11.8 Å². The van der Waals surface area contributed by atoms with Gasteiger partial charge in [0.05, 0.1) is 0 Å². The maximum atomic E-state index is 11.9. The molecule has 1 aliphatic heterocycles. The van der Waals surface area contributed by atoms with Crippen molar-refractivity contribution in [2.75, 3.05) is 39.3 Å². The Kier molecular flexibility index (Phi) is 6.99. The van der Waals surface area contributed by atoms with Crippen molar-refractivity contribution in [1.82, 2.24) is 15.1 Å². The van der Waals surface area contributed by atoms with E-state index in [0.717, 1.165) is 45.7 Å². The van der Waals surface area contributed by atoms with Gasteiger partial charge in [-0.25, -0.2) is 0 Å². The third kappa shape index (κ3) is 5.49. The summed E-state index contributed by atoms with van der Waals surface area (Å²) in [6.07, 6.45) is 0.969. The van der Waals surface area contributed by atoms with Crippen molar-refractivity contribution < 1.29 is 9.59 Å². The molecule has 1 rings (SSSR count). The van der Waals surface area contributed by atoms with E-state index in [-0.39, 0.29) is 23.7 Å². The van der Waals surface area contributed by atoms with Crippen LogP contribution in [0.3, 0.4) is 0 Å². The van der Waals surface area contributed by atoms with Gasteiger partial charge in [-0.3, -0.25) is 14.5 Å². The van der Waals surface area contributed by atoms with Crippen LogP contribution in [0.5, 0.6) is 0 Å². The number of hydrogen-bond acceptors (Lipinski definition) is 3. The van der Waals surface area contributed by atoms with Crippen molar-refractivity contribution in [3.8, 4) is 0 Å². The minimum absolute atomic E-state index is 0.0561. The predicted molar refractivity (Wildman–Crippen MR) is 80.3 cm³/mol. The molecule has 0 unspecified atom stereocenters. The van der Waals surface area contributed by atoms with Gasteiger partial charge in [-0.1, -0.05) is 27.7 Å². The van der Waals surface area contributed by atoms with Crippen molar-refractivity contribution in [1.29, 1.82) is 0 Å². The zero-order valence-corrected chi connectivity index (χ0v) is 13.3. The number of carbonyl (C=O) groups excluding carboxylic acids is 2. The molecule has 0 aliphatic carbocycles. The summed E-state index contributed by atoms with van der Waals surface area (Å²) in [5, 5.41) is 2.93. The van der Waals surface area contributed by atoms with E-state index in [1.54, 1.807) is 0 Å². The Bertz CT molecular complexity index is 321. The van der Waals surface area contributed by atoms with Crippen LogP contribution in [-0.2, 0) is 9.59 Å². The largest absolute Gasteiger partial charge is 0.356 e. The molecule has 0 bridgehead atoms. The van der Waals surface area contributed by atoms with Gasteiger partial charge >= 0.3 is 0 Å². The second-order valence-electron chi connectivity index (χ2n) is 6.12. The summed E-state index contributed by atoms with van der Waals surface area (Å²) in [7, 11) is 0. The van der Waals surface area contributed by atoms with Gasteiger partial charge < -0.3 is 10.2 Å². The number of nitrogens with one attached hydrogen (secondary N) is 1. The minimum Gasteiger partial charge on any atom is -0.356 e. The van der Waals surface area contributed by atoms with Gasteiger partial charge in [0, 0.05) is 44.6 Å². The Morgan fingerprint density at radius 2 is 1.60 bits per heavy atom. The second kappa shape index (κ2) is 8.25. The zero-order valence-electron chi connectivity index (χ0n) is 13.3. The molecule has 20 heavy (non-hydrogen) atoms. The van der Waals surface area contributed by atoms with Crippen molar-refractivity contribution in [3.05, 3.63) is 0 Å². The summed E-state index contributed by atoms with van der Waals surface area (Å²) < 4.78 is 0. The van der Waals surface area contributed by atoms with E-state index in [9.17, 15) is 9.59 Å². The lowest BCUT2D eigenvalue weighted by molar-refractivity contribution is -0.136. The normalized spacial score (nSPS) is 16.8. The predicted octanol–water partition coefficient (Wildman–Crippen LogP) is 0.949. The number of nitrogens with zero attached hydrogens (tertiary/aromatic N) is 2. The van der Waals surface area contributed by atoms with Crippen LogP contribution in [0.15, 0.2) is 0 Å². The van der Waals surface area contributed by atoms with Crippen LogP contribution in [-0.4, -0.2) is 60.9 Å². The van der Waals surface area contributed by atoms with E-state index in [1.807, 2.05) is 32.6 Å². The van der Waals surface area contributed by atoms with Crippen LogP contribution in [0.1, 0.15) is 34.1 Å². The summed E-state index contributed by atoms with van der Waals surface area (Å²) in [6, 6.07) is 0. The van der Waals surface area contributed by atoms with Gasteiger partial charge in [-0.15, -0.1) is 0 Å². The number of amides is 2. The monoisotopic (exact) mass is 283 g/mol. The highest BCUT2D eigenvalue weighted by molar-refractivity contribution is 5.78. The fourth-order valence-corrected chi connectivity index (χ4v) is 2.28. The first-order chi connectivity index (χ1) is 9.41. The van der Waals surface area contributed by atoms with Gasteiger partial charge in [-0.2, -0.15) is 0 Å². The summed E-state index contributed by atoms with van der Waals surface area (Å²) in [5.74, 6) is 0.527. The minimum atomic E-state index is 0.0561. The van der Waals surface area contributed by atoms with E-state index >= 15 is 0 Å². The Morgan fingerprint density at radius 3 is 2.10 bits per heavy atom. The highest BCUT2D eigenvalue weighted by Crippen LogP contribution is 2.07. The molecule has 0 aromatic heterocycles. The Morgan fingerprint density at radius 1 is 1.00 bits per heavy atom. The first kappa shape index (κ1) is 17.0. The molecule has 1 saturated heterocycles. The molecular weight excluding hydrogens is 254 g/mol. The summed E-state index contributed by atoms with van der Waals surface area (Å²) >= 11 is 0. The van der Waals surface area contributed by atoms with E-state index in [4.69, 9.17) is 0 Å². The molecule has 5 heteroatoms. The molecular formula is C15H29N3O2. The zero-order chi connectivity index (χ0) is 15.1. The molecule has 1 heterocycles. The molecule has 1 aliphatic rings. The van der Waals surface area contributed by atoms with Crippen LogP contribution < -0.4 is 5.32 Å². The third-order valence-corrected chi connectivity index (χ3v) is 3.65. The van der Waals surface area contributed by atoms with E-state index in [1.165, 1.54) is 0 Å². The highest BCUT2D eigenvalue weighted by Gasteiger charge is 2.22. The molecule has 2 amide bonds. The topological polar surface area (TPSA) is 52.7 Å². The Hall–Kier alpha value is -1.10. The number of rotatable bonds is 6. The molecule has 1 fully saturated rings. The molecule has 0 aromatic rings. The molecule has 0 radical (unpaired) electrons. The van der Waals surface area contributed by atoms with Crippen molar-refractivity contribution in [3.63, 3.8) is 0 Å². The quantitative estimate of drug-likeness (QED) is 0.738. The van der Waals surface area contributed by atoms with E-state index in [0.29, 0.717) is 0 Å². The fraction of sp³-hybridized carbons (Fsp3) is 0.867. The molecule has 0 atom stereocenters. The van der Waals surface area contributed by atoms with Crippen molar-refractivity contribution >= 4 is 11.8 Å². The summed E-state index contributed by atoms with van der Waals surface area (Å²) in [5.41, 5.74) is 0. The van der Waals surface area contributed by atoms with Gasteiger partial charge in [0.25, 0.3) is 0 Å². The number of hydrogen-bond donors (Lipinski definition) is 1. The number of piperazine rings is 1. The molecule has 5 nitrogen and oxygen atoms in total. The molecule has 0 spiro atoms. The second-order valence-corrected chi connectivity index (χ2v) is 6.12. The molecule has 0 saturated carbocycles. The SMILES string of the molecule is CC(C)C(=O)NCCCN1CCN(C(=O)C(C)C)CC1. The van der Waals surface area contributed by atoms with Crippen LogP contribution in [0.4, 0.5) is 0 Å². The highest BCUT2D eigenvalue weighted by atomic mass is 16.2. The van der Waals surface area contributed by atoms with Gasteiger partial charge in [0.2, 0.25) is 11.8 Å². The summed E-state index contributed by atoms with van der Waals surface area (Å²) in [4.78, 5) is 27.6. The standard InChI is InChI=1S/C15H29N3O2/c1-12(2)14(19)16-6-5-7-17-8-10-18(11-9-17)15(20)13(3)4/h12-13H,5-11H2,1-4H3,(H,16,19). The maximum Gasteiger partial charge on any atom is 0.225 e. The first-order valence-corrected chi connectivity index (χ1v) is 7.70. The average Bonchev–Trinajstić information content (AvgIpc) is 2.43. The smallest absolute Gasteiger partial charge is 0.225 e. The maximum absolute atomic E-state index is 11.9. The lowest BCUT2D eigenvalue weighted by atomic mass is 10.1. The Labute approximate surface area is 122 Å². The molecule has 0 aromatic carbocycles. The lowest BCUT2D eigenvalue weighted by Gasteiger charge is -2.35. The van der Waals surface area contributed by atoms with Gasteiger partial charge in [-0.05, 0) is 13.0 Å². The van der Waals surface area contributed by atoms with Crippen LogP contribution in [0.2, 0.25) is 0 Å². The lowest BCUT2D eigenvalue weighted by Crippen LogP contribution is -2.50. The van der Waals surface area contributed by atoms with Gasteiger partial charge in [0.1, 0.15) is 0 Å². The van der Waals surface area contributed by atoms with E-state index < -0.39 is 0 Å².